The number of aromatic nitrogens is 1. The van der Waals surface area contributed by atoms with Gasteiger partial charge in [0.2, 0.25) is 0 Å². The van der Waals surface area contributed by atoms with Crippen LogP contribution >= 0.6 is 0 Å². The zero-order valence-electron chi connectivity index (χ0n) is 15.1. The van der Waals surface area contributed by atoms with Gasteiger partial charge in [-0.05, 0) is 50.5 Å². The summed E-state index contributed by atoms with van der Waals surface area (Å²) in [6.07, 6.45) is 1.79. The summed E-state index contributed by atoms with van der Waals surface area (Å²) in [4.78, 5) is 21.4. The summed E-state index contributed by atoms with van der Waals surface area (Å²) in [5.74, 6) is 1.15. The molecule has 134 valence electrons. The van der Waals surface area contributed by atoms with Crippen LogP contribution in [0.1, 0.15) is 15.9 Å². The van der Waals surface area contributed by atoms with Crippen LogP contribution in [0.3, 0.4) is 0 Å². The number of nitrogens with one attached hydrogen (secondary N) is 1. The van der Waals surface area contributed by atoms with Crippen molar-refractivity contribution in [2.24, 2.45) is 5.92 Å². The number of carbonyl (C=O) groups excluding carboxylic acids is 1. The molecule has 6 heteroatoms. The lowest BCUT2D eigenvalue weighted by molar-refractivity contribution is 0.0928. The number of rotatable bonds is 5. The van der Waals surface area contributed by atoms with Crippen LogP contribution in [0.25, 0.3) is 0 Å². The van der Waals surface area contributed by atoms with Gasteiger partial charge in [-0.2, -0.15) is 5.26 Å². The molecule has 0 unspecified atom stereocenters. The second-order valence-corrected chi connectivity index (χ2v) is 6.88. The minimum Gasteiger partial charge on any atom is -0.354 e. The molecular formula is C20H23N5O. The van der Waals surface area contributed by atoms with E-state index in [0.717, 1.165) is 25.5 Å². The summed E-state index contributed by atoms with van der Waals surface area (Å²) in [6.45, 7) is 2.48. The summed E-state index contributed by atoms with van der Waals surface area (Å²) in [5.41, 5.74) is 1.12. The smallest absolute Gasteiger partial charge is 0.251 e. The third-order valence-electron chi connectivity index (χ3n) is 4.61. The zero-order valence-corrected chi connectivity index (χ0v) is 15.1. The molecule has 1 aromatic carbocycles. The lowest BCUT2D eigenvalue weighted by Gasteiger charge is -2.22. The normalized spacial score (nSPS) is 19.4. The average molecular weight is 349 g/mol. The number of pyridine rings is 1. The molecule has 0 radical (unpaired) electrons. The summed E-state index contributed by atoms with van der Waals surface area (Å²) < 4.78 is 0. The first-order valence-electron chi connectivity index (χ1n) is 8.68. The Morgan fingerprint density at radius 1 is 1.27 bits per heavy atom. The molecule has 1 aliphatic rings. The number of amides is 1. The van der Waals surface area contributed by atoms with Gasteiger partial charge in [0.1, 0.15) is 5.82 Å². The van der Waals surface area contributed by atoms with Crippen molar-refractivity contribution in [3.8, 4) is 6.07 Å². The number of nitrogens with zero attached hydrogens (tertiary/aromatic N) is 4. The second-order valence-electron chi connectivity index (χ2n) is 6.88. The van der Waals surface area contributed by atoms with E-state index in [2.05, 4.69) is 26.2 Å². The molecule has 0 bridgehead atoms. The Hall–Kier alpha value is -2.91. The summed E-state index contributed by atoms with van der Waals surface area (Å²) in [6, 6.07) is 14.7. The Bertz CT molecular complexity index is 782. The van der Waals surface area contributed by atoms with E-state index in [1.165, 1.54) is 0 Å². The number of hydrogen-bond acceptors (Lipinski definition) is 5. The predicted octanol–water partition coefficient (Wildman–Crippen LogP) is 1.75. The van der Waals surface area contributed by atoms with E-state index < -0.39 is 0 Å². The van der Waals surface area contributed by atoms with Crippen LogP contribution in [-0.2, 0) is 0 Å². The maximum absolute atomic E-state index is 12.6. The molecule has 26 heavy (non-hydrogen) atoms. The molecule has 1 saturated heterocycles. The van der Waals surface area contributed by atoms with Crippen molar-refractivity contribution in [2.45, 2.75) is 6.04 Å². The van der Waals surface area contributed by atoms with E-state index in [-0.39, 0.29) is 11.9 Å². The van der Waals surface area contributed by atoms with Crippen molar-refractivity contribution in [1.29, 1.82) is 5.26 Å². The fourth-order valence-corrected chi connectivity index (χ4v) is 3.36. The van der Waals surface area contributed by atoms with Crippen molar-refractivity contribution in [3.63, 3.8) is 0 Å². The van der Waals surface area contributed by atoms with E-state index in [1.54, 1.807) is 30.5 Å². The van der Waals surface area contributed by atoms with Crippen molar-refractivity contribution in [3.05, 3.63) is 59.8 Å². The third kappa shape index (κ3) is 4.19. The average Bonchev–Trinajstić information content (AvgIpc) is 3.04. The van der Waals surface area contributed by atoms with Gasteiger partial charge in [-0.15, -0.1) is 0 Å². The highest BCUT2D eigenvalue weighted by Gasteiger charge is 2.34. The first kappa shape index (κ1) is 17.9. The van der Waals surface area contributed by atoms with Crippen molar-refractivity contribution >= 4 is 11.7 Å². The number of hydrogen-bond donors (Lipinski definition) is 1. The van der Waals surface area contributed by atoms with Crippen molar-refractivity contribution in [2.75, 3.05) is 38.6 Å². The van der Waals surface area contributed by atoms with Crippen LogP contribution in [0.15, 0.2) is 48.7 Å². The topological polar surface area (TPSA) is 72.3 Å². The highest BCUT2D eigenvalue weighted by molar-refractivity contribution is 5.94. The molecule has 6 nitrogen and oxygen atoms in total. The van der Waals surface area contributed by atoms with Gasteiger partial charge in [0.15, 0.2) is 0 Å². The minimum atomic E-state index is -0.105. The van der Waals surface area contributed by atoms with Gasteiger partial charge < -0.3 is 15.1 Å². The number of nitriles is 1. The molecule has 3 rings (SSSR count). The molecule has 0 spiro atoms. The van der Waals surface area contributed by atoms with Crippen molar-refractivity contribution < 1.29 is 4.79 Å². The number of anilines is 1. The van der Waals surface area contributed by atoms with Crippen LogP contribution in [0.2, 0.25) is 0 Å². The van der Waals surface area contributed by atoms with Crippen LogP contribution < -0.4 is 10.2 Å². The Morgan fingerprint density at radius 3 is 2.65 bits per heavy atom. The lowest BCUT2D eigenvalue weighted by atomic mass is 10.0. The second kappa shape index (κ2) is 7.98. The summed E-state index contributed by atoms with van der Waals surface area (Å²) in [5, 5.41) is 12.1. The highest BCUT2D eigenvalue weighted by atomic mass is 16.1. The SMILES string of the molecule is CN(C)C[C@@H]1CN(c2ccccn2)C[C@H]1NC(=O)c1ccc(C#N)cc1. The zero-order chi connectivity index (χ0) is 18.5. The molecule has 2 heterocycles. The van der Waals surface area contributed by atoms with Gasteiger partial charge >= 0.3 is 0 Å². The molecule has 2 aromatic rings. The largest absolute Gasteiger partial charge is 0.354 e. The van der Waals surface area contributed by atoms with Gasteiger partial charge in [0.25, 0.3) is 5.91 Å². The monoisotopic (exact) mass is 349 g/mol. The van der Waals surface area contributed by atoms with Crippen LogP contribution in [0, 0.1) is 17.2 Å². The number of carbonyl (C=O) groups is 1. The van der Waals surface area contributed by atoms with E-state index in [9.17, 15) is 4.79 Å². The first-order valence-corrected chi connectivity index (χ1v) is 8.68. The molecule has 1 aromatic heterocycles. The first-order chi connectivity index (χ1) is 12.6. The van der Waals surface area contributed by atoms with E-state index in [1.807, 2.05) is 32.3 Å². The molecular weight excluding hydrogens is 326 g/mol. The van der Waals surface area contributed by atoms with Crippen LogP contribution in [-0.4, -0.2) is 55.6 Å². The summed E-state index contributed by atoms with van der Waals surface area (Å²) in [7, 11) is 4.09. The Kier molecular flexibility index (Phi) is 5.49. The summed E-state index contributed by atoms with van der Waals surface area (Å²) >= 11 is 0. The van der Waals surface area contributed by atoms with Gasteiger partial charge in [-0.3, -0.25) is 4.79 Å². The maximum Gasteiger partial charge on any atom is 0.251 e. The predicted molar refractivity (Wildman–Crippen MR) is 101 cm³/mol. The Morgan fingerprint density at radius 2 is 2.04 bits per heavy atom. The third-order valence-corrected chi connectivity index (χ3v) is 4.61. The van der Waals surface area contributed by atoms with Crippen LogP contribution in [0.4, 0.5) is 5.82 Å². The van der Waals surface area contributed by atoms with Gasteiger partial charge in [-0.1, -0.05) is 6.07 Å². The quantitative estimate of drug-likeness (QED) is 0.890. The van der Waals surface area contributed by atoms with Crippen molar-refractivity contribution in [1.82, 2.24) is 15.2 Å². The Labute approximate surface area is 154 Å². The molecule has 0 saturated carbocycles. The minimum absolute atomic E-state index is 0.0440. The van der Waals surface area contributed by atoms with E-state index >= 15 is 0 Å². The standard InChI is InChI=1S/C20H23N5O/c1-24(2)12-17-13-25(19-5-3-4-10-22-19)14-18(17)23-20(26)16-8-6-15(11-21)7-9-16/h3-10,17-18H,12-14H2,1-2H3,(H,23,26)/t17-,18-/m1/s1. The van der Waals surface area contributed by atoms with Crippen LogP contribution in [0.5, 0.6) is 0 Å². The fourth-order valence-electron chi connectivity index (χ4n) is 3.36. The van der Waals surface area contributed by atoms with Gasteiger partial charge in [-0.25, -0.2) is 4.98 Å². The van der Waals surface area contributed by atoms with Gasteiger partial charge in [0.05, 0.1) is 17.7 Å². The fraction of sp³-hybridized carbons (Fsp3) is 0.350. The van der Waals surface area contributed by atoms with E-state index in [4.69, 9.17) is 5.26 Å². The molecule has 2 atom stereocenters. The Balaban J connectivity index is 1.72. The number of benzene rings is 1. The molecule has 1 fully saturated rings. The highest BCUT2D eigenvalue weighted by Crippen LogP contribution is 2.23. The molecule has 1 N–H and O–H groups in total. The lowest BCUT2D eigenvalue weighted by Crippen LogP contribution is -2.43. The maximum atomic E-state index is 12.6. The molecule has 1 aliphatic heterocycles. The van der Waals surface area contributed by atoms with E-state index in [0.29, 0.717) is 17.0 Å². The van der Waals surface area contributed by atoms with Gasteiger partial charge in [0, 0.05) is 37.3 Å². The molecule has 1 amide bonds. The molecule has 0 aliphatic carbocycles.